The standard InChI is InChI=1S/C15H19ClN2OS/c1-3-6-10(19-4-2)14-17-13(16)12-9-7-5-8-11(9)20-15(12)18-14/h10H,3-8H2,1-2H3. The summed E-state index contributed by atoms with van der Waals surface area (Å²) in [5.41, 5.74) is 1.38. The molecule has 0 amide bonds. The number of halogens is 1. The van der Waals surface area contributed by atoms with Crippen molar-refractivity contribution in [2.45, 2.75) is 52.1 Å². The predicted octanol–water partition coefficient (Wildman–Crippen LogP) is 4.71. The van der Waals surface area contributed by atoms with Crippen molar-refractivity contribution in [1.82, 2.24) is 9.97 Å². The minimum absolute atomic E-state index is 0.0381. The van der Waals surface area contributed by atoms with Crippen LogP contribution >= 0.6 is 22.9 Å². The lowest BCUT2D eigenvalue weighted by atomic mass is 10.2. The van der Waals surface area contributed by atoms with Crippen LogP contribution in [0.25, 0.3) is 10.2 Å². The first kappa shape index (κ1) is 14.2. The van der Waals surface area contributed by atoms with Gasteiger partial charge in [0.2, 0.25) is 0 Å². The molecule has 2 aromatic heterocycles. The fourth-order valence-electron chi connectivity index (χ4n) is 2.86. The van der Waals surface area contributed by atoms with Gasteiger partial charge in [0.05, 0.1) is 5.39 Å². The van der Waals surface area contributed by atoms with Crippen molar-refractivity contribution in [3.05, 3.63) is 21.4 Å². The molecule has 5 heteroatoms. The molecular weight excluding hydrogens is 292 g/mol. The van der Waals surface area contributed by atoms with Gasteiger partial charge in [0.1, 0.15) is 16.1 Å². The van der Waals surface area contributed by atoms with Crippen LogP contribution in [-0.2, 0) is 17.6 Å². The Morgan fingerprint density at radius 1 is 1.30 bits per heavy atom. The first-order valence-corrected chi connectivity index (χ1v) is 8.53. The Labute approximate surface area is 128 Å². The second kappa shape index (κ2) is 5.96. The summed E-state index contributed by atoms with van der Waals surface area (Å²) in [6.45, 7) is 4.82. The first-order valence-electron chi connectivity index (χ1n) is 7.33. The zero-order chi connectivity index (χ0) is 14.1. The summed E-state index contributed by atoms with van der Waals surface area (Å²) >= 11 is 8.21. The van der Waals surface area contributed by atoms with E-state index in [9.17, 15) is 0 Å². The second-order valence-corrected chi connectivity index (χ2v) is 6.58. The Morgan fingerprint density at radius 2 is 2.15 bits per heavy atom. The molecule has 0 radical (unpaired) electrons. The van der Waals surface area contributed by atoms with Gasteiger partial charge in [0.15, 0.2) is 5.82 Å². The summed E-state index contributed by atoms with van der Waals surface area (Å²) in [6.07, 6.45) is 5.44. The van der Waals surface area contributed by atoms with Crippen LogP contribution in [-0.4, -0.2) is 16.6 Å². The van der Waals surface area contributed by atoms with Gasteiger partial charge in [-0.15, -0.1) is 11.3 Å². The Hall–Kier alpha value is -0.710. The second-order valence-electron chi connectivity index (χ2n) is 5.14. The van der Waals surface area contributed by atoms with Gasteiger partial charge >= 0.3 is 0 Å². The number of aromatic nitrogens is 2. The zero-order valence-electron chi connectivity index (χ0n) is 11.9. The number of hydrogen-bond donors (Lipinski definition) is 0. The van der Waals surface area contributed by atoms with Crippen molar-refractivity contribution in [2.24, 2.45) is 0 Å². The summed E-state index contributed by atoms with van der Waals surface area (Å²) in [7, 11) is 0. The highest BCUT2D eigenvalue weighted by atomic mass is 35.5. The van der Waals surface area contributed by atoms with E-state index in [2.05, 4.69) is 11.9 Å². The number of hydrogen-bond acceptors (Lipinski definition) is 4. The Kier molecular flexibility index (Phi) is 4.24. The fourth-order valence-corrected chi connectivity index (χ4v) is 4.48. The van der Waals surface area contributed by atoms with Gasteiger partial charge in [0.25, 0.3) is 0 Å². The van der Waals surface area contributed by atoms with Gasteiger partial charge in [-0.25, -0.2) is 9.97 Å². The molecular formula is C15H19ClN2OS. The Balaban J connectivity index is 2.05. The lowest BCUT2D eigenvalue weighted by Crippen LogP contribution is -2.09. The van der Waals surface area contributed by atoms with Gasteiger partial charge in [-0.05, 0) is 38.2 Å². The van der Waals surface area contributed by atoms with Gasteiger partial charge in [-0.1, -0.05) is 24.9 Å². The number of rotatable bonds is 5. The smallest absolute Gasteiger partial charge is 0.160 e. The highest BCUT2D eigenvalue weighted by Gasteiger charge is 2.23. The van der Waals surface area contributed by atoms with Crippen molar-refractivity contribution in [3.63, 3.8) is 0 Å². The number of aryl methyl sites for hydroxylation is 2. The molecule has 108 valence electrons. The average Bonchev–Trinajstić information content (AvgIpc) is 2.98. The molecule has 20 heavy (non-hydrogen) atoms. The van der Waals surface area contributed by atoms with E-state index in [0.717, 1.165) is 41.7 Å². The summed E-state index contributed by atoms with van der Waals surface area (Å²) in [5.74, 6) is 0.742. The fraction of sp³-hybridized carbons (Fsp3) is 0.600. The van der Waals surface area contributed by atoms with Crippen LogP contribution < -0.4 is 0 Å². The molecule has 2 aromatic rings. The van der Waals surface area contributed by atoms with Gasteiger partial charge in [-0.3, -0.25) is 0 Å². The van der Waals surface area contributed by atoms with E-state index in [4.69, 9.17) is 21.3 Å². The molecule has 0 saturated carbocycles. The maximum atomic E-state index is 6.43. The minimum Gasteiger partial charge on any atom is -0.371 e. The van der Waals surface area contributed by atoms with E-state index in [1.54, 1.807) is 11.3 Å². The first-order chi connectivity index (χ1) is 9.74. The predicted molar refractivity (Wildman–Crippen MR) is 83.7 cm³/mol. The highest BCUT2D eigenvalue weighted by molar-refractivity contribution is 7.19. The molecule has 0 spiro atoms. The van der Waals surface area contributed by atoms with Crippen LogP contribution in [0.1, 0.15) is 55.5 Å². The molecule has 0 bridgehead atoms. The zero-order valence-corrected chi connectivity index (χ0v) is 13.5. The summed E-state index contributed by atoms with van der Waals surface area (Å²) in [5, 5.41) is 1.69. The molecule has 2 heterocycles. The third-order valence-corrected chi connectivity index (χ3v) is 5.20. The quantitative estimate of drug-likeness (QED) is 0.750. The average molecular weight is 311 g/mol. The maximum Gasteiger partial charge on any atom is 0.160 e. The van der Waals surface area contributed by atoms with Crippen molar-refractivity contribution < 1.29 is 4.74 Å². The van der Waals surface area contributed by atoms with Crippen molar-refractivity contribution >= 4 is 33.2 Å². The van der Waals surface area contributed by atoms with E-state index in [0.29, 0.717) is 11.8 Å². The molecule has 3 nitrogen and oxygen atoms in total. The van der Waals surface area contributed by atoms with Crippen molar-refractivity contribution in [1.29, 1.82) is 0 Å². The Bertz CT molecular complexity index is 620. The molecule has 1 aliphatic rings. The van der Waals surface area contributed by atoms with E-state index in [1.165, 1.54) is 16.9 Å². The molecule has 1 atom stereocenters. The van der Waals surface area contributed by atoms with Gasteiger partial charge < -0.3 is 4.74 Å². The highest BCUT2D eigenvalue weighted by Crippen LogP contribution is 2.40. The lowest BCUT2D eigenvalue weighted by molar-refractivity contribution is 0.0497. The molecule has 1 unspecified atom stereocenters. The molecule has 0 saturated heterocycles. The third kappa shape index (κ3) is 2.45. The van der Waals surface area contributed by atoms with Crippen LogP contribution in [0.5, 0.6) is 0 Å². The molecule has 0 aromatic carbocycles. The monoisotopic (exact) mass is 310 g/mol. The third-order valence-electron chi connectivity index (χ3n) is 3.74. The SMILES string of the molecule is CCCC(OCC)c1nc(Cl)c2c3c(sc2n1)CCC3. The number of fused-ring (bicyclic) bond motifs is 3. The summed E-state index contributed by atoms with van der Waals surface area (Å²) in [6, 6.07) is 0. The Morgan fingerprint density at radius 3 is 2.90 bits per heavy atom. The number of thiophene rings is 1. The van der Waals surface area contributed by atoms with Crippen molar-refractivity contribution in [2.75, 3.05) is 6.61 Å². The normalized spacial score (nSPS) is 15.8. The van der Waals surface area contributed by atoms with Crippen LogP contribution in [0.2, 0.25) is 5.15 Å². The van der Waals surface area contributed by atoms with Crippen molar-refractivity contribution in [3.8, 4) is 0 Å². The van der Waals surface area contributed by atoms with E-state index in [-0.39, 0.29) is 6.10 Å². The topological polar surface area (TPSA) is 35.0 Å². The minimum atomic E-state index is -0.0381. The largest absolute Gasteiger partial charge is 0.371 e. The van der Waals surface area contributed by atoms with Crippen LogP contribution in [0.4, 0.5) is 0 Å². The molecule has 0 fully saturated rings. The van der Waals surface area contributed by atoms with Gasteiger partial charge in [0, 0.05) is 11.5 Å². The number of nitrogens with zero attached hydrogens (tertiary/aromatic N) is 2. The maximum absolute atomic E-state index is 6.43. The van der Waals surface area contributed by atoms with E-state index >= 15 is 0 Å². The molecule has 1 aliphatic carbocycles. The molecule has 0 aliphatic heterocycles. The molecule has 0 N–H and O–H groups in total. The van der Waals surface area contributed by atoms with Crippen LogP contribution in [0.3, 0.4) is 0 Å². The summed E-state index contributed by atoms with van der Waals surface area (Å²) in [4.78, 5) is 11.7. The van der Waals surface area contributed by atoms with E-state index < -0.39 is 0 Å². The van der Waals surface area contributed by atoms with E-state index in [1.807, 2.05) is 6.92 Å². The van der Waals surface area contributed by atoms with Crippen LogP contribution in [0, 0.1) is 0 Å². The summed E-state index contributed by atoms with van der Waals surface area (Å²) < 4.78 is 5.77. The van der Waals surface area contributed by atoms with Crippen LogP contribution in [0.15, 0.2) is 0 Å². The molecule has 3 rings (SSSR count). The number of ether oxygens (including phenoxy) is 1. The van der Waals surface area contributed by atoms with Gasteiger partial charge in [-0.2, -0.15) is 0 Å². The lowest BCUT2D eigenvalue weighted by Gasteiger charge is -2.15.